The maximum Gasteiger partial charge on any atom is 0.282 e. The van der Waals surface area contributed by atoms with Gasteiger partial charge in [0.2, 0.25) is 0 Å². The van der Waals surface area contributed by atoms with E-state index in [1.54, 1.807) is 13.2 Å². The van der Waals surface area contributed by atoms with Crippen LogP contribution in [0.5, 0.6) is 0 Å². The number of aryl methyl sites for hydroxylation is 12. The van der Waals surface area contributed by atoms with Crippen molar-refractivity contribution in [1.82, 2.24) is 58.9 Å². The standard InChI is InChI=1S/C19H25N3.C18H22N2.C17H21F2N3.C17H20N2.C16H20ClN3.C16H21N3.C15H18ClN3/c1-14(2)21-10-5-6-16-12-15(8-9-18(16)21)17-13-20-22-11-4-3-7-19(17)22;1-13(2)20-10-4-5-16-11-15(8-9-18(16)20)17-7-6-14(3)19-12-17;1-11(2)22-8-4-5-13-9-12(6-7-15(13)22)14-10-21(3)20-16(14)17(18)19;1-13(2)19-11-5-6-15-12-14(8-9-17(15)19)16-7-3-4-10-18-16;1-11(2)20-6-4-5-12-7-14(15(17)8-16(12)20)13-9-18-19(3)10-13;1-12(2)19-9-4-5-14-11-13(6-7-16(14)19)15-8-10-18(3)17-15;1-10(2)19-5-4-13-14(16)6-11(7-15(13)19)12-8-17-18(3)9-12/h8-9,12-14H,3-7,10-11H2,1-2H3;6-9,11-13H,4-5,10H2,1-3H3;6-7,9-11,17H,4-5,8H2,1-3H3;3-4,7-10,12-13H,5-6,11H2,1-2H3;7-11H,4-6H2,1-3H3;6-8,10-12H,4-5,9H2,1-3H3;6-10H,4-5H2,1-3H3. The summed E-state index contributed by atoms with van der Waals surface area (Å²) in [6, 6.07) is 58.3. The molecule has 0 amide bonds. The third-order valence-corrected chi connectivity index (χ3v) is 29.5. The highest BCUT2D eigenvalue weighted by molar-refractivity contribution is 6.33. The summed E-state index contributed by atoms with van der Waals surface area (Å²) in [5, 5.41) is 23.1. The number of alkyl halides is 2. The van der Waals surface area contributed by atoms with E-state index in [1.807, 2.05) is 110 Å². The fraction of sp³-hybridized carbons (Fsp3) is 0.432. The first kappa shape index (κ1) is 102. The number of fused-ring (bicyclic) bond motifs is 8. The van der Waals surface area contributed by atoms with Crippen molar-refractivity contribution in [2.75, 3.05) is 80.1 Å². The highest BCUT2D eigenvalue weighted by Crippen LogP contribution is 2.45. The molecule has 7 aromatic carbocycles. The fourth-order valence-corrected chi connectivity index (χ4v) is 22.2. The summed E-state index contributed by atoms with van der Waals surface area (Å²) in [7, 11) is 7.49. The van der Waals surface area contributed by atoms with Gasteiger partial charge in [-0.05, 0) is 377 Å². The molecule has 0 spiro atoms. The van der Waals surface area contributed by atoms with Crippen LogP contribution in [0.15, 0.2) is 207 Å². The minimum absolute atomic E-state index is 0.140. The number of pyridine rings is 2. The van der Waals surface area contributed by atoms with Crippen LogP contribution in [0.3, 0.4) is 0 Å². The van der Waals surface area contributed by atoms with Gasteiger partial charge in [-0.15, -0.1) is 0 Å². The highest BCUT2D eigenvalue weighted by atomic mass is 35.5. The van der Waals surface area contributed by atoms with Crippen LogP contribution < -0.4 is 34.3 Å². The molecule has 0 aliphatic carbocycles. The van der Waals surface area contributed by atoms with Gasteiger partial charge in [0.25, 0.3) is 6.43 Å². The average Bonchev–Trinajstić information content (AvgIpc) is 1.78. The molecular weight excluding hydrogens is 1790 g/mol. The third-order valence-electron chi connectivity index (χ3n) is 28.9. The van der Waals surface area contributed by atoms with E-state index < -0.39 is 6.43 Å². The molecule has 0 unspecified atom stereocenters. The second-order valence-electron chi connectivity index (χ2n) is 41.2. The van der Waals surface area contributed by atoms with Crippen molar-refractivity contribution < 1.29 is 8.78 Å². The topological polar surface area (TPSA) is 138 Å². The minimum Gasteiger partial charge on any atom is -0.369 e. The van der Waals surface area contributed by atoms with Crippen LogP contribution >= 0.6 is 23.2 Å². The normalized spacial score (nSPS) is 15.1. The molecule has 8 aliphatic rings. The summed E-state index contributed by atoms with van der Waals surface area (Å²) in [4.78, 5) is 26.1. The molecule has 742 valence electrons. The Hall–Kier alpha value is -12.1. The zero-order valence-electron chi connectivity index (χ0n) is 86.7. The summed E-state index contributed by atoms with van der Waals surface area (Å²) in [5.41, 5.74) is 37.2. The van der Waals surface area contributed by atoms with E-state index in [0.29, 0.717) is 47.9 Å². The van der Waals surface area contributed by atoms with Crippen molar-refractivity contribution in [1.29, 1.82) is 0 Å². The number of benzene rings is 7. The summed E-state index contributed by atoms with van der Waals surface area (Å²) in [5.74, 6) is 0. The number of hydrogen-bond acceptors (Lipinski definition) is 14. The van der Waals surface area contributed by atoms with Crippen LogP contribution in [0, 0.1) is 6.92 Å². The van der Waals surface area contributed by atoms with Gasteiger partial charge in [0.1, 0.15) is 5.69 Å². The summed E-state index contributed by atoms with van der Waals surface area (Å²) < 4.78 is 35.4. The predicted molar refractivity (Wildman–Crippen MR) is 585 cm³/mol. The molecule has 0 bridgehead atoms. The van der Waals surface area contributed by atoms with Gasteiger partial charge in [0.15, 0.2) is 0 Å². The van der Waals surface area contributed by atoms with E-state index in [2.05, 4.69) is 305 Å². The van der Waals surface area contributed by atoms with Gasteiger partial charge in [-0.1, -0.05) is 65.7 Å². The Morgan fingerprint density at radius 3 is 1.20 bits per heavy atom. The van der Waals surface area contributed by atoms with Crippen LogP contribution in [0.1, 0.15) is 211 Å². The molecule has 23 heteroatoms. The molecular formula is C118H147Cl2F2N19. The third kappa shape index (κ3) is 24.0. The number of halogens is 4. The molecule has 15 heterocycles. The Balaban J connectivity index is 0.000000119. The Bertz CT molecular complexity index is 6550. The Morgan fingerprint density at radius 2 is 0.745 bits per heavy atom. The van der Waals surface area contributed by atoms with E-state index in [1.165, 1.54) is 226 Å². The number of nitrogens with zero attached hydrogens (tertiary/aromatic N) is 19. The van der Waals surface area contributed by atoms with Gasteiger partial charge in [0.05, 0.1) is 35.0 Å². The van der Waals surface area contributed by atoms with Gasteiger partial charge in [-0.3, -0.25) is 33.4 Å². The van der Waals surface area contributed by atoms with Crippen molar-refractivity contribution in [2.24, 2.45) is 28.2 Å². The first-order valence-corrected chi connectivity index (χ1v) is 52.5. The monoisotopic (exact) mass is 1940 g/mol. The summed E-state index contributed by atoms with van der Waals surface area (Å²) in [6.45, 7) is 42.5. The van der Waals surface area contributed by atoms with Crippen molar-refractivity contribution in [2.45, 2.75) is 262 Å². The van der Waals surface area contributed by atoms with E-state index in [-0.39, 0.29) is 5.69 Å². The lowest BCUT2D eigenvalue weighted by atomic mass is 9.94. The van der Waals surface area contributed by atoms with Crippen LogP contribution in [-0.2, 0) is 86.1 Å². The van der Waals surface area contributed by atoms with E-state index >= 15 is 0 Å². The second-order valence-corrected chi connectivity index (χ2v) is 42.0. The molecule has 22 rings (SSSR count). The molecule has 0 atom stereocenters. The molecule has 0 saturated heterocycles. The number of rotatable bonds is 15. The lowest BCUT2D eigenvalue weighted by Gasteiger charge is -2.35. The molecule has 14 aromatic rings. The molecule has 7 aromatic heterocycles. The van der Waals surface area contributed by atoms with Gasteiger partial charge in [0, 0.05) is 261 Å². The lowest BCUT2D eigenvalue weighted by molar-refractivity contribution is 0.146. The summed E-state index contributed by atoms with van der Waals surface area (Å²) in [6.07, 6.45) is 33.8. The fourth-order valence-electron chi connectivity index (χ4n) is 21.6. The van der Waals surface area contributed by atoms with Crippen molar-refractivity contribution >= 4 is 63.0 Å². The Labute approximate surface area is 847 Å². The largest absolute Gasteiger partial charge is 0.369 e. The molecule has 8 aliphatic heterocycles. The lowest BCUT2D eigenvalue weighted by Crippen LogP contribution is -2.35. The number of aromatic nitrogens is 12. The Morgan fingerprint density at radius 1 is 0.298 bits per heavy atom. The zero-order valence-corrected chi connectivity index (χ0v) is 88.2. The van der Waals surface area contributed by atoms with E-state index in [9.17, 15) is 8.78 Å². The minimum atomic E-state index is -2.56. The maximum atomic E-state index is 13.1. The van der Waals surface area contributed by atoms with Crippen molar-refractivity contribution in [3.63, 3.8) is 0 Å². The van der Waals surface area contributed by atoms with Gasteiger partial charge >= 0.3 is 0 Å². The van der Waals surface area contributed by atoms with Crippen LogP contribution in [0.25, 0.3) is 78.1 Å². The SMILES string of the molecule is CC(C)N1CCCc2cc(-c3ccccn3)ccc21.CC(C)N1CCCc2cc(-c3ccn(C)n3)ccc21.CC(C)N1CCCc2cc(-c3cn(C)nc3C(F)F)ccc21.CC(C)N1CCCc2cc(-c3cnn(C)c3)c(Cl)cc21.CC(C)N1CCCc2cc(-c3cnn4c3CCCC4)ccc21.CC(C)N1CCc2c(Cl)cc(-c3cnn(C)c3)cc21.Cc1ccc(-c2ccc3c(c2)CCCN3C(C)C)cn1. The summed E-state index contributed by atoms with van der Waals surface area (Å²) >= 11 is 13.0. The van der Waals surface area contributed by atoms with Gasteiger partial charge in [-0.2, -0.15) is 25.5 Å². The van der Waals surface area contributed by atoms with E-state index in [4.69, 9.17) is 23.2 Å². The first-order chi connectivity index (χ1) is 67.9. The average molecular weight is 1940 g/mol. The second kappa shape index (κ2) is 45.9. The van der Waals surface area contributed by atoms with E-state index in [0.717, 1.165) is 107 Å². The van der Waals surface area contributed by atoms with Crippen LogP contribution in [0.4, 0.5) is 48.6 Å². The van der Waals surface area contributed by atoms with Crippen molar-refractivity contribution in [3.05, 3.63) is 274 Å². The molecule has 19 nitrogen and oxygen atoms in total. The molecule has 0 N–H and O–H groups in total. The van der Waals surface area contributed by atoms with Gasteiger partial charge in [-0.25, -0.2) is 8.78 Å². The molecule has 0 saturated carbocycles. The molecule has 0 radical (unpaired) electrons. The van der Waals surface area contributed by atoms with Crippen LogP contribution in [-0.4, -0.2) is 147 Å². The number of hydrogen-bond donors (Lipinski definition) is 0. The number of anilines is 7. The Kier molecular flexibility index (Phi) is 33.2. The maximum absolute atomic E-state index is 13.1. The highest BCUT2D eigenvalue weighted by Gasteiger charge is 2.31. The predicted octanol–water partition coefficient (Wildman–Crippen LogP) is 27.0. The van der Waals surface area contributed by atoms with Gasteiger partial charge < -0.3 is 34.3 Å². The van der Waals surface area contributed by atoms with Crippen LogP contribution in [0.2, 0.25) is 10.0 Å². The zero-order chi connectivity index (χ0) is 99.6. The van der Waals surface area contributed by atoms with Crippen molar-refractivity contribution in [3.8, 4) is 78.1 Å². The molecule has 0 fully saturated rings. The smallest absolute Gasteiger partial charge is 0.282 e. The quantitative estimate of drug-likeness (QED) is 0.0962. The first-order valence-electron chi connectivity index (χ1n) is 51.7. The molecule has 141 heavy (non-hydrogen) atoms.